The lowest BCUT2D eigenvalue weighted by Crippen LogP contribution is -1.87. The summed E-state index contributed by atoms with van der Waals surface area (Å²) in [5, 5.41) is 0. The lowest BCUT2D eigenvalue weighted by molar-refractivity contribution is 0.688. The predicted octanol–water partition coefficient (Wildman–Crippen LogP) is 1.74. The van der Waals surface area contributed by atoms with E-state index in [1.54, 1.807) is 24.4 Å². The van der Waals surface area contributed by atoms with Crippen LogP contribution in [0.1, 0.15) is 5.69 Å². The third-order valence-corrected chi connectivity index (χ3v) is 3.17. The van der Waals surface area contributed by atoms with Gasteiger partial charge < -0.3 is 0 Å². The molecule has 0 bridgehead atoms. The van der Waals surface area contributed by atoms with Crippen LogP contribution in [0.2, 0.25) is 0 Å². The van der Waals surface area contributed by atoms with Gasteiger partial charge >= 0.3 is 0 Å². The highest BCUT2D eigenvalue weighted by molar-refractivity contribution is 7.91. The van der Waals surface area contributed by atoms with Crippen molar-refractivity contribution < 1.29 is 4.21 Å². The van der Waals surface area contributed by atoms with Gasteiger partial charge in [0, 0.05) is 6.20 Å². The highest BCUT2D eigenvalue weighted by atomic mass is 35.5. The molecule has 56 valence electrons. The number of halogens is 1. The molecule has 0 amide bonds. The van der Waals surface area contributed by atoms with Gasteiger partial charge in [-0.1, -0.05) is 11.6 Å². The van der Waals surface area contributed by atoms with Crippen molar-refractivity contribution in [1.29, 1.82) is 0 Å². The first-order chi connectivity index (χ1) is 5.29. The maximum atomic E-state index is 11.3. The number of hydrogen-bond donors (Lipinski definition) is 0. The van der Waals surface area contributed by atoms with E-state index in [9.17, 15) is 4.21 Å². The fourth-order valence-electron chi connectivity index (χ4n) is 0.934. The minimum absolute atomic E-state index is 0.360. The molecular formula is C7H4ClNOS. The van der Waals surface area contributed by atoms with Crippen LogP contribution in [0.25, 0.3) is 6.08 Å². The first-order valence-corrected chi connectivity index (χ1v) is 4.56. The molecule has 0 aromatic carbocycles. The molecule has 1 aromatic rings. The molecule has 0 saturated heterocycles. The molecule has 0 N–H and O–H groups in total. The minimum Gasteiger partial charge on any atom is -0.256 e. The number of rotatable bonds is 0. The molecule has 1 aromatic heterocycles. The van der Waals surface area contributed by atoms with Crippen LogP contribution in [0, 0.1) is 0 Å². The van der Waals surface area contributed by atoms with Gasteiger partial charge in [0.2, 0.25) is 0 Å². The Balaban J connectivity index is 2.67. The summed E-state index contributed by atoms with van der Waals surface area (Å²) in [7, 11) is -1.18. The van der Waals surface area contributed by atoms with Gasteiger partial charge in [0.25, 0.3) is 0 Å². The third-order valence-electron chi connectivity index (χ3n) is 1.43. The van der Waals surface area contributed by atoms with Gasteiger partial charge in [-0.2, -0.15) is 0 Å². The Morgan fingerprint density at radius 2 is 2.36 bits per heavy atom. The van der Waals surface area contributed by atoms with Crippen LogP contribution in [0.3, 0.4) is 0 Å². The molecule has 0 saturated carbocycles. The predicted molar refractivity (Wildman–Crippen MR) is 44.5 cm³/mol. The molecule has 0 radical (unpaired) electrons. The zero-order chi connectivity index (χ0) is 7.84. The van der Waals surface area contributed by atoms with Gasteiger partial charge in [-0.25, -0.2) is 4.21 Å². The van der Waals surface area contributed by atoms with Crippen molar-refractivity contribution >= 4 is 28.5 Å². The van der Waals surface area contributed by atoms with Crippen LogP contribution < -0.4 is 0 Å². The maximum absolute atomic E-state index is 11.3. The van der Waals surface area contributed by atoms with Crippen molar-refractivity contribution in [2.45, 2.75) is 4.90 Å². The summed E-state index contributed by atoms with van der Waals surface area (Å²) in [5.74, 6) is 0. The molecule has 1 unspecified atom stereocenters. The Labute approximate surface area is 71.4 Å². The van der Waals surface area contributed by atoms with E-state index < -0.39 is 10.8 Å². The first kappa shape index (κ1) is 7.00. The van der Waals surface area contributed by atoms with Crippen LogP contribution in [-0.2, 0) is 10.8 Å². The molecule has 2 rings (SSSR count). The quantitative estimate of drug-likeness (QED) is 0.616. The van der Waals surface area contributed by atoms with Gasteiger partial charge in [0.1, 0.15) is 4.36 Å². The van der Waals surface area contributed by atoms with Crippen molar-refractivity contribution in [3.8, 4) is 0 Å². The van der Waals surface area contributed by atoms with Crippen molar-refractivity contribution in [2.75, 3.05) is 0 Å². The monoisotopic (exact) mass is 185 g/mol. The van der Waals surface area contributed by atoms with Crippen LogP contribution in [-0.4, -0.2) is 9.19 Å². The van der Waals surface area contributed by atoms with E-state index in [0.717, 1.165) is 5.69 Å². The van der Waals surface area contributed by atoms with E-state index in [2.05, 4.69) is 4.98 Å². The van der Waals surface area contributed by atoms with Crippen molar-refractivity contribution in [3.05, 3.63) is 28.4 Å². The zero-order valence-electron chi connectivity index (χ0n) is 5.45. The van der Waals surface area contributed by atoms with Gasteiger partial charge in [0.15, 0.2) is 0 Å². The maximum Gasteiger partial charge on any atom is 0.112 e. The summed E-state index contributed by atoms with van der Waals surface area (Å²) in [6.07, 6.45) is 3.29. The Kier molecular flexibility index (Phi) is 1.55. The summed E-state index contributed by atoms with van der Waals surface area (Å²) in [6.45, 7) is 0. The summed E-state index contributed by atoms with van der Waals surface area (Å²) in [4.78, 5) is 4.71. The molecule has 1 aliphatic rings. The van der Waals surface area contributed by atoms with Crippen LogP contribution in [0.4, 0.5) is 0 Å². The summed E-state index contributed by atoms with van der Waals surface area (Å²) in [6, 6.07) is 3.52. The van der Waals surface area contributed by atoms with E-state index in [1.165, 1.54) is 0 Å². The molecule has 0 fully saturated rings. The smallest absolute Gasteiger partial charge is 0.112 e. The van der Waals surface area contributed by atoms with Crippen LogP contribution >= 0.6 is 11.6 Å². The average molecular weight is 186 g/mol. The Morgan fingerprint density at radius 3 is 3.09 bits per heavy atom. The molecular weight excluding hydrogens is 182 g/mol. The van der Waals surface area contributed by atoms with Gasteiger partial charge in [-0.3, -0.25) is 4.98 Å². The number of nitrogens with zero attached hydrogens (tertiary/aromatic N) is 1. The van der Waals surface area contributed by atoms with Gasteiger partial charge in [0.05, 0.1) is 21.4 Å². The molecule has 1 atom stereocenters. The van der Waals surface area contributed by atoms with E-state index >= 15 is 0 Å². The second kappa shape index (κ2) is 2.43. The molecule has 0 aliphatic carbocycles. The van der Waals surface area contributed by atoms with Crippen LogP contribution in [0.15, 0.2) is 27.6 Å². The molecule has 11 heavy (non-hydrogen) atoms. The number of pyridine rings is 1. The Morgan fingerprint density at radius 1 is 1.55 bits per heavy atom. The second-order valence-corrected chi connectivity index (χ2v) is 4.15. The largest absolute Gasteiger partial charge is 0.256 e. The van der Waals surface area contributed by atoms with Crippen molar-refractivity contribution in [2.24, 2.45) is 0 Å². The van der Waals surface area contributed by atoms with E-state index in [0.29, 0.717) is 9.26 Å². The van der Waals surface area contributed by atoms with Gasteiger partial charge in [-0.15, -0.1) is 0 Å². The fourth-order valence-corrected chi connectivity index (χ4v) is 2.22. The average Bonchev–Trinajstić information content (AvgIpc) is 2.30. The highest BCUT2D eigenvalue weighted by Gasteiger charge is 2.19. The van der Waals surface area contributed by atoms with E-state index in [1.807, 2.05) is 0 Å². The van der Waals surface area contributed by atoms with Crippen molar-refractivity contribution in [1.82, 2.24) is 4.98 Å². The molecule has 1 aliphatic heterocycles. The second-order valence-electron chi connectivity index (χ2n) is 2.10. The number of fused-ring (bicyclic) bond motifs is 1. The molecule has 2 nitrogen and oxygen atoms in total. The van der Waals surface area contributed by atoms with E-state index in [-0.39, 0.29) is 0 Å². The molecule has 4 heteroatoms. The zero-order valence-corrected chi connectivity index (χ0v) is 7.02. The summed E-state index contributed by atoms with van der Waals surface area (Å²) in [5.41, 5.74) is 0.718. The van der Waals surface area contributed by atoms with E-state index in [4.69, 9.17) is 11.6 Å². The molecule has 2 heterocycles. The first-order valence-electron chi connectivity index (χ1n) is 3.03. The molecule has 0 spiro atoms. The lowest BCUT2D eigenvalue weighted by Gasteiger charge is -1.92. The number of aromatic nitrogens is 1. The Hall–Kier alpha value is -0.670. The summed E-state index contributed by atoms with van der Waals surface area (Å²) >= 11 is 5.65. The highest BCUT2D eigenvalue weighted by Crippen LogP contribution is 2.29. The normalized spacial score (nSPS) is 21.2. The van der Waals surface area contributed by atoms with Gasteiger partial charge in [-0.05, 0) is 18.2 Å². The lowest BCUT2D eigenvalue weighted by atomic mass is 10.3. The topological polar surface area (TPSA) is 30.0 Å². The fraction of sp³-hybridized carbons (Fsp3) is 0. The summed E-state index contributed by atoms with van der Waals surface area (Å²) < 4.78 is 11.6. The minimum atomic E-state index is -1.18. The SMILES string of the molecule is O=S1C(Cl)=Cc2ncccc21. The Bertz CT molecular complexity index is 361. The number of hydrogen-bond acceptors (Lipinski definition) is 2. The third kappa shape index (κ3) is 1.01. The standard InChI is InChI=1S/C7H4ClNOS/c8-7-4-5-6(11(7)10)2-1-3-9-5/h1-4H. The van der Waals surface area contributed by atoms with Crippen molar-refractivity contribution in [3.63, 3.8) is 0 Å². The van der Waals surface area contributed by atoms with Crippen LogP contribution in [0.5, 0.6) is 0 Å².